The largest absolute Gasteiger partial charge is 0.508 e. The predicted molar refractivity (Wildman–Crippen MR) is 127 cm³/mol. The summed E-state index contributed by atoms with van der Waals surface area (Å²) in [5, 5.41) is 42.1. The van der Waals surface area contributed by atoms with Gasteiger partial charge in [0, 0.05) is 18.9 Å². The second kappa shape index (κ2) is 10.3. The summed E-state index contributed by atoms with van der Waals surface area (Å²) < 4.78 is 11.2. The molecule has 0 heterocycles. The summed E-state index contributed by atoms with van der Waals surface area (Å²) in [5.74, 6) is -2.05. The van der Waals surface area contributed by atoms with Crippen molar-refractivity contribution in [2.75, 3.05) is 0 Å². The molecule has 1 aliphatic rings. The molecule has 0 spiro atoms. The van der Waals surface area contributed by atoms with E-state index in [1.807, 2.05) is 42.5 Å². The van der Waals surface area contributed by atoms with E-state index in [0.29, 0.717) is 5.56 Å². The molecule has 182 valence electrons. The molecule has 0 radical (unpaired) electrons. The Morgan fingerprint density at radius 1 is 0.971 bits per heavy atom. The minimum absolute atomic E-state index is 0.0438. The topological polar surface area (TPSA) is 134 Å². The number of phenols is 1. The van der Waals surface area contributed by atoms with Crippen molar-refractivity contribution in [1.82, 2.24) is 0 Å². The molecule has 1 aliphatic carbocycles. The van der Waals surface area contributed by atoms with Crippen LogP contribution < -0.4 is 0 Å². The van der Waals surface area contributed by atoms with Crippen LogP contribution in [0.15, 0.2) is 72.8 Å². The zero-order chi connectivity index (χ0) is 25.0. The van der Waals surface area contributed by atoms with Crippen LogP contribution in [0.5, 0.6) is 5.75 Å². The Balaban J connectivity index is 1.50. The number of fused-ring (bicyclic) bond motifs is 1. The number of aliphatic hydroxyl groups excluding tert-OH is 2. The van der Waals surface area contributed by atoms with E-state index in [4.69, 9.17) is 9.47 Å². The smallest absolute Gasteiger partial charge is 0.336 e. The highest BCUT2D eigenvalue weighted by atomic mass is 16.6. The molecule has 3 aromatic carbocycles. The van der Waals surface area contributed by atoms with Crippen molar-refractivity contribution in [3.63, 3.8) is 0 Å². The SMILES string of the molecule is O=C(C=Cc1ccc(O)cc1)O[C@@H]1C[C@](OCc2cccc3ccccc23)(C(=O)O)C[C@H](O)[C@H]1O. The standard InChI is InChI=1S/C27H26O8/c28-20-11-8-17(9-12-20)10-13-24(30)35-23-15-27(26(32)33,14-22(29)25(23)31)34-16-19-6-3-5-18-4-1-2-7-21(18)19/h1-13,22-23,25,28-29,31H,14-16H2,(H,32,33)/t22-,23+,25+,27-/m0/s1. The van der Waals surface area contributed by atoms with E-state index in [0.717, 1.165) is 22.4 Å². The van der Waals surface area contributed by atoms with Crippen molar-refractivity contribution in [2.45, 2.75) is 43.4 Å². The third kappa shape index (κ3) is 5.51. The van der Waals surface area contributed by atoms with Crippen molar-refractivity contribution >= 4 is 28.8 Å². The van der Waals surface area contributed by atoms with E-state index in [1.54, 1.807) is 12.1 Å². The summed E-state index contributed by atoms with van der Waals surface area (Å²) in [6.45, 7) is -0.0438. The maximum absolute atomic E-state index is 12.4. The normalized spacial score (nSPS) is 24.5. The number of carbonyl (C=O) groups excluding carboxylic acids is 1. The number of aromatic hydroxyl groups is 1. The molecule has 4 atom stereocenters. The first-order valence-electron chi connectivity index (χ1n) is 11.2. The van der Waals surface area contributed by atoms with Gasteiger partial charge in [-0.15, -0.1) is 0 Å². The lowest BCUT2D eigenvalue weighted by molar-refractivity contribution is -0.209. The molecular weight excluding hydrogens is 452 g/mol. The van der Waals surface area contributed by atoms with Crippen LogP contribution in [0, 0.1) is 0 Å². The molecule has 8 nitrogen and oxygen atoms in total. The summed E-state index contributed by atoms with van der Waals surface area (Å²) in [6.07, 6.45) is -2.33. The van der Waals surface area contributed by atoms with Gasteiger partial charge in [-0.05, 0) is 40.1 Å². The number of benzene rings is 3. The van der Waals surface area contributed by atoms with Crippen molar-refractivity contribution < 1.29 is 39.5 Å². The maximum atomic E-state index is 12.4. The Bertz CT molecular complexity index is 1230. The molecule has 8 heteroatoms. The fourth-order valence-electron chi connectivity index (χ4n) is 4.27. The van der Waals surface area contributed by atoms with Gasteiger partial charge >= 0.3 is 11.9 Å². The van der Waals surface area contributed by atoms with Gasteiger partial charge in [0.1, 0.15) is 18.0 Å². The number of ether oxygens (including phenoxy) is 2. The number of aliphatic carboxylic acids is 1. The van der Waals surface area contributed by atoms with E-state index in [2.05, 4.69) is 0 Å². The van der Waals surface area contributed by atoms with Crippen LogP contribution in [-0.2, 0) is 25.7 Å². The third-order valence-corrected chi connectivity index (χ3v) is 6.19. The molecule has 0 amide bonds. The number of carboxylic acids is 1. The number of carbonyl (C=O) groups is 2. The molecule has 1 saturated carbocycles. The molecule has 0 unspecified atom stereocenters. The Kier molecular flexibility index (Phi) is 7.16. The summed E-state index contributed by atoms with van der Waals surface area (Å²) in [4.78, 5) is 24.7. The van der Waals surface area contributed by atoms with Gasteiger partial charge in [0.25, 0.3) is 0 Å². The summed E-state index contributed by atoms with van der Waals surface area (Å²) >= 11 is 0. The van der Waals surface area contributed by atoms with Crippen LogP contribution in [-0.4, -0.2) is 56.3 Å². The fourth-order valence-corrected chi connectivity index (χ4v) is 4.27. The summed E-state index contributed by atoms with van der Waals surface area (Å²) in [6, 6.07) is 19.3. The van der Waals surface area contributed by atoms with Crippen molar-refractivity contribution in [3.05, 3.63) is 83.9 Å². The number of rotatable bonds is 7. The second-order valence-electron chi connectivity index (χ2n) is 8.59. The van der Waals surface area contributed by atoms with Gasteiger partial charge in [0.15, 0.2) is 5.60 Å². The van der Waals surface area contributed by atoms with Gasteiger partial charge in [-0.1, -0.05) is 54.6 Å². The average Bonchev–Trinajstić information content (AvgIpc) is 2.85. The summed E-state index contributed by atoms with van der Waals surface area (Å²) in [7, 11) is 0. The molecule has 3 aromatic rings. The van der Waals surface area contributed by atoms with E-state index in [9.17, 15) is 30.0 Å². The number of phenolic OH excluding ortho intramolecular Hbond substituents is 1. The van der Waals surface area contributed by atoms with Crippen LogP contribution in [0.1, 0.15) is 24.0 Å². The first-order chi connectivity index (χ1) is 16.8. The van der Waals surface area contributed by atoms with Crippen molar-refractivity contribution in [2.24, 2.45) is 0 Å². The minimum Gasteiger partial charge on any atom is -0.508 e. The van der Waals surface area contributed by atoms with Crippen LogP contribution in [0.3, 0.4) is 0 Å². The number of carboxylic acid groups (broad SMARTS) is 1. The molecule has 0 aromatic heterocycles. The lowest BCUT2D eigenvalue weighted by Gasteiger charge is -2.41. The van der Waals surface area contributed by atoms with E-state index < -0.39 is 35.9 Å². The Labute approximate surface area is 201 Å². The number of hydrogen-bond donors (Lipinski definition) is 4. The molecule has 1 fully saturated rings. The molecule has 0 aliphatic heterocycles. The van der Waals surface area contributed by atoms with E-state index in [-0.39, 0.29) is 25.2 Å². The lowest BCUT2D eigenvalue weighted by atomic mass is 9.79. The third-order valence-electron chi connectivity index (χ3n) is 6.19. The fraction of sp³-hybridized carbons (Fsp3) is 0.259. The minimum atomic E-state index is -1.86. The summed E-state index contributed by atoms with van der Waals surface area (Å²) in [5.41, 5.74) is -0.460. The highest BCUT2D eigenvalue weighted by molar-refractivity contribution is 5.87. The van der Waals surface area contributed by atoms with Crippen molar-refractivity contribution in [3.8, 4) is 5.75 Å². The maximum Gasteiger partial charge on any atom is 0.336 e. The lowest BCUT2D eigenvalue weighted by Crippen LogP contribution is -2.58. The highest BCUT2D eigenvalue weighted by Gasteiger charge is 2.52. The second-order valence-corrected chi connectivity index (χ2v) is 8.59. The van der Waals surface area contributed by atoms with Crippen LogP contribution in [0.2, 0.25) is 0 Å². The Morgan fingerprint density at radius 3 is 2.43 bits per heavy atom. The quantitative estimate of drug-likeness (QED) is 0.301. The van der Waals surface area contributed by atoms with E-state index in [1.165, 1.54) is 18.2 Å². The first kappa shape index (κ1) is 24.4. The zero-order valence-electron chi connectivity index (χ0n) is 18.8. The predicted octanol–water partition coefficient (Wildman–Crippen LogP) is 3.03. The molecule has 35 heavy (non-hydrogen) atoms. The molecule has 0 saturated heterocycles. The van der Waals surface area contributed by atoms with Gasteiger partial charge in [-0.3, -0.25) is 0 Å². The monoisotopic (exact) mass is 478 g/mol. The Hall–Kier alpha value is -3.72. The molecule has 4 rings (SSSR count). The van der Waals surface area contributed by atoms with Gasteiger partial charge in [-0.25, -0.2) is 9.59 Å². The number of aliphatic hydroxyl groups is 2. The van der Waals surface area contributed by atoms with Crippen LogP contribution in [0.4, 0.5) is 0 Å². The van der Waals surface area contributed by atoms with E-state index >= 15 is 0 Å². The van der Waals surface area contributed by atoms with Crippen LogP contribution in [0.25, 0.3) is 16.8 Å². The number of esters is 1. The van der Waals surface area contributed by atoms with Crippen LogP contribution >= 0.6 is 0 Å². The average molecular weight is 478 g/mol. The van der Waals surface area contributed by atoms with Gasteiger partial charge in [0.05, 0.1) is 12.7 Å². The van der Waals surface area contributed by atoms with Gasteiger partial charge in [-0.2, -0.15) is 0 Å². The highest BCUT2D eigenvalue weighted by Crippen LogP contribution is 2.36. The van der Waals surface area contributed by atoms with Gasteiger partial charge < -0.3 is 29.9 Å². The molecule has 0 bridgehead atoms. The molecular formula is C27H26O8. The van der Waals surface area contributed by atoms with Gasteiger partial charge in [0.2, 0.25) is 0 Å². The first-order valence-corrected chi connectivity index (χ1v) is 11.2. The molecule has 4 N–H and O–H groups in total. The van der Waals surface area contributed by atoms with Crippen molar-refractivity contribution in [1.29, 1.82) is 0 Å². The zero-order valence-corrected chi connectivity index (χ0v) is 18.8. The Morgan fingerprint density at radius 2 is 1.69 bits per heavy atom. The number of hydrogen-bond acceptors (Lipinski definition) is 7.